The summed E-state index contributed by atoms with van der Waals surface area (Å²) in [4.78, 5) is 11.1. The van der Waals surface area contributed by atoms with Gasteiger partial charge in [-0.2, -0.15) is 0 Å². The number of aromatic nitrogens is 1. The van der Waals surface area contributed by atoms with Crippen LogP contribution < -0.4 is 0 Å². The van der Waals surface area contributed by atoms with Crippen LogP contribution in [0.2, 0.25) is 0 Å². The highest BCUT2D eigenvalue weighted by Gasteiger charge is 2.14. The molecule has 0 unspecified atom stereocenters. The topological polar surface area (TPSA) is 42.2 Å². The van der Waals surface area contributed by atoms with E-state index in [1.54, 1.807) is 12.3 Å². The fraction of sp³-hybridized carbons (Fsp3) is 0. The first kappa shape index (κ1) is 12.6. The molecule has 88 valence electrons. The lowest BCUT2D eigenvalue weighted by Gasteiger charge is -2.08. The van der Waals surface area contributed by atoms with Crippen LogP contribution in [0.4, 0.5) is 4.39 Å². The van der Waals surface area contributed by atoms with E-state index in [2.05, 4.69) is 15.9 Å². The Balaban J connectivity index is 2.63. The molecule has 0 aliphatic rings. The minimum atomic E-state index is -1.02. The largest absolute Gasteiger partial charge is 0.477 e. The van der Waals surface area contributed by atoms with Gasteiger partial charge in [-0.3, -0.25) is 0 Å². The van der Waals surface area contributed by atoms with Crippen molar-refractivity contribution in [2.75, 3.05) is 0 Å². The molecular formula is C11H6BrFINO2. The standard InChI is InChI=1S/C11H6BrFINO2/c12-8-3-6(13)1-2-9(8)15-5-7(14)4-10(15)11(16)17/h1-5H,(H,16,17). The van der Waals surface area contributed by atoms with Crippen LogP contribution in [0.1, 0.15) is 10.5 Å². The van der Waals surface area contributed by atoms with Crippen molar-refractivity contribution in [3.8, 4) is 5.69 Å². The van der Waals surface area contributed by atoms with E-state index in [1.807, 2.05) is 22.6 Å². The van der Waals surface area contributed by atoms with Crippen LogP contribution >= 0.6 is 38.5 Å². The highest BCUT2D eigenvalue weighted by atomic mass is 127. The van der Waals surface area contributed by atoms with Crippen molar-refractivity contribution in [1.29, 1.82) is 0 Å². The van der Waals surface area contributed by atoms with Gasteiger partial charge >= 0.3 is 5.97 Å². The second-order valence-electron chi connectivity index (χ2n) is 3.31. The number of nitrogens with zero attached hydrogens (tertiary/aromatic N) is 1. The molecule has 1 aromatic carbocycles. The van der Waals surface area contributed by atoms with E-state index in [0.29, 0.717) is 10.2 Å². The third-order valence-corrected chi connectivity index (χ3v) is 3.40. The van der Waals surface area contributed by atoms with Gasteiger partial charge in [0, 0.05) is 14.2 Å². The van der Waals surface area contributed by atoms with E-state index in [0.717, 1.165) is 3.57 Å². The van der Waals surface area contributed by atoms with Crippen molar-refractivity contribution >= 4 is 44.5 Å². The van der Waals surface area contributed by atoms with Gasteiger partial charge in [0.25, 0.3) is 0 Å². The lowest BCUT2D eigenvalue weighted by atomic mass is 10.3. The summed E-state index contributed by atoms with van der Waals surface area (Å²) >= 11 is 5.25. The molecule has 0 bridgehead atoms. The van der Waals surface area contributed by atoms with E-state index >= 15 is 0 Å². The summed E-state index contributed by atoms with van der Waals surface area (Å²) in [6.07, 6.45) is 1.68. The Morgan fingerprint density at radius 2 is 2.12 bits per heavy atom. The molecule has 1 aromatic heterocycles. The Hall–Kier alpha value is -0.890. The van der Waals surface area contributed by atoms with Crippen molar-refractivity contribution in [3.05, 3.63) is 50.0 Å². The molecule has 0 fully saturated rings. The molecule has 1 N–H and O–H groups in total. The number of benzene rings is 1. The SMILES string of the molecule is O=C(O)c1cc(I)cn1-c1ccc(F)cc1Br. The summed E-state index contributed by atoms with van der Waals surface area (Å²) in [5.41, 5.74) is 0.730. The number of carboxylic acids is 1. The number of carboxylic acid groups (broad SMARTS) is 1. The average Bonchev–Trinajstić information content (AvgIpc) is 2.60. The van der Waals surface area contributed by atoms with Crippen molar-refractivity contribution in [1.82, 2.24) is 4.57 Å². The quantitative estimate of drug-likeness (QED) is 0.769. The zero-order valence-electron chi connectivity index (χ0n) is 8.32. The van der Waals surface area contributed by atoms with Gasteiger partial charge in [0.15, 0.2) is 0 Å². The first-order valence-corrected chi connectivity index (χ1v) is 6.43. The molecule has 0 atom stereocenters. The molecule has 0 amide bonds. The zero-order valence-corrected chi connectivity index (χ0v) is 12.1. The highest BCUT2D eigenvalue weighted by Crippen LogP contribution is 2.25. The summed E-state index contributed by atoms with van der Waals surface area (Å²) in [6, 6.07) is 5.67. The van der Waals surface area contributed by atoms with Gasteiger partial charge in [-0.25, -0.2) is 9.18 Å². The molecule has 1 heterocycles. The van der Waals surface area contributed by atoms with Gasteiger partial charge in [-0.05, 0) is 62.8 Å². The van der Waals surface area contributed by atoms with Crippen molar-refractivity contribution in [2.24, 2.45) is 0 Å². The minimum absolute atomic E-state index is 0.140. The number of rotatable bonds is 2. The maximum Gasteiger partial charge on any atom is 0.352 e. The number of hydrogen-bond acceptors (Lipinski definition) is 1. The van der Waals surface area contributed by atoms with Gasteiger partial charge < -0.3 is 9.67 Å². The van der Waals surface area contributed by atoms with Gasteiger partial charge in [0.1, 0.15) is 11.5 Å². The molecule has 2 rings (SSSR count). The van der Waals surface area contributed by atoms with Crippen LogP contribution in [-0.2, 0) is 0 Å². The first-order valence-electron chi connectivity index (χ1n) is 4.55. The molecule has 2 aromatic rings. The van der Waals surface area contributed by atoms with E-state index in [9.17, 15) is 9.18 Å². The normalized spacial score (nSPS) is 10.5. The summed E-state index contributed by atoms with van der Waals surface area (Å²) in [5, 5.41) is 9.07. The van der Waals surface area contributed by atoms with Crippen molar-refractivity contribution in [3.63, 3.8) is 0 Å². The molecule has 0 saturated carbocycles. The fourth-order valence-electron chi connectivity index (χ4n) is 1.47. The van der Waals surface area contributed by atoms with Crippen LogP contribution in [0.3, 0.4) is 0 Å². The van der Waals surface area contributed by atoms with Crippen LogP contribution in [0.25, 0.3) is 5.69 Å². The van der Waals surface area contributed by atoms with Crippen LogP contribution in [-0.4, -0.2) is 15.6 Å². The Morgan fingerprint density at radius 3 is 2.71 bits per heavy atom. The van der Waals surface area contributed by atoms with Crippen molar-refractivity contribution < 1.29 is 14.3 Å². The molecular weight excluding hydrogens is 404 g/mol. The van der Waals surface area contributed by atoms with Gasteiger partial charge in [-0.1, -0.05) is 0 Å². The monoisotopic (exact) mass is 409 g/mol. The van der Waals surface area contributed by atoms with E-state index < -0.39 is 5.97 Å². The molecule has 6 heteroatoms. The third-order valence-electron chi connectivity index (χ3n) is 2.17. The lowest BCUT2D eigenvalue weighted by Crippen LogP contribution is -2.06. The van der Waals surface area contributed by atoms with E-state index in [4.69, 9.17) is 5.11 Å². The molecule has 0 radical (unpaired) electrons. The van der Waals surface area contributed by atoms with E-state index in [-0.39, 0.29) is 11.5 Å². The van der Waals surface area contributed by atoms with E-state index in [1.165, 1.54) is 22.8 Å². The Bertz CT molecular complexity index is 597. The van der Waals surface area contributed by atoms with Crippen LogP contribution in [0.5, 0.6) is 0 Å². The summed E-state index contributed by atoms with van der Waals surface area (Å²) < 4.78 is 15.8. The molecule has 0 spiro atoms. The van der Waals surface area contributed by atoms with Gasteiger partial charge in [0.2, 0.25) is 0 Å². The predicted molar refractivity (Wildman–Crippen MR) is 73.1 cm³/mol. The maximum atomic E-state index is 13.0. The predicted octanol–water partition coefficient (Wildman–Crippen LogP) is 3.68. The Kier molecular flexibility index (Phi) is 3.53. The number of aromatic carboxylic acids is 1. The van der Waals surface area contributed by atoms with Crippen LogP contribution in [0, 0.1) is 9.39 Å². The Morgan fingerprint density at radius 1 is 1.41 bits per heavy atom. The summed E-state index contributed by atoms with van der Waals surface area (Å²) in [5.74, 6) is -1.40. The molecule has 0 saturated heterocycles. The van der Waals surface area contributed by atoms with Crippen molar-refractivity contribution in [2.45, 2.75) is 0 Å². The highest BCUT2D eigenvalue weighted by molar-refractivity contribution is 14.1. The number of halogens is 3. The van der Waals surface area contributed by atoms with Gasteiger partial charge in [0.05, 0.1) is 5.69 Å². The molecule has 0 aliphatic carbocycles. The maximum absolute atomic E-state index is 13.0. The number of hydrogen-bond donors (Lipinski definition) is 1. The third kappa shape index (κ3) is 2.52. The molecule has 0 aliphatic heterocycles. The average molecular weight is 410 g/mol. The fourth-order valence-corrected chi connectivity index (χ4v) is 2.59. The number of carbonyl (C=O) groups is 1. The first-order chi connectivity index (χ1) is 7.99. The molecule has 3 nitrogen and oxygen atoms in total. The minimum Gasteiger partial charge on any atom is -0.477 e. The second-order valence-corrected chi connectivity index (χ2v) is 5.41. The van der Waals surface area contributed by atoms with Gasteiger partial charge in [-0.15, -0.1) is 0 Å². The summed E-state index contributed by atoms with van der Waals surface area (Å²) in [7, 11) is 0. The second kappa shape index (κ2) is 4.77. The van der Waals surface area contributed by atoms with Crippen LogP contribution in [0.15, 0.2) is 34.9 Å². The summed E-state index contributed by atoms with van der Waals surface area (Å²) in [6.45, 7) is 0. The lowest BCUT2D eigenvalue weighted by molar-refractivity contribution is 0.0688. The molecule has 17 heavy (non-hydrogen) atoms. The Labute approximate surface area is 119 Å². The smallest absolute Gasteiger partial charge is 0.352 e. The zero-order chi connectivity index (χ0) is 12.6.